The molecule has 0 saturated heterocycles. The molecule has 1 aromatic heterocycles. The van der Waals surface area contributed by atoms with E-state index in [0.29, 0.717) is 16.7 Å². The van der Waals surface area contributed by atoms with Gasteiger partial charge in [0.15, 0.2) is 5.43 Å². The Labute approximate surface area is 116 Å². The number of H-pyrrole nitrogens is 1. The van der Waals surface area contributed by atoms with Crippen LogP contribution >= 0.6 is 0 Å². The van der Waals surface area contributed by atoms with Gasteiger partial charge in [-0.2, -0.15) is 0 Å². The van der Waals surface area contributed by atoms with Crippen LogP contribution in [0, 0.1) is 6.92 Å². The van der Waals surface area contributed by atoms with Gasteiger partial charge in [-0.1, -0.05) is 36.4 Å². The van der Waals surface area contributed by atoms with E-state index in [4.69, 9.17) is 4.74 Å². The molecule has 0 aliphatic carbocycles. The second-order valence-electron chi connectivity index (χ2n) is 4.70. The van der Waals surface area contributed by atoms with Gasteiger partial charge in [0.2, 0.25) is 0 Å². The molecule has 0 aliphatic heterocycles. The molecule has 1 N–H and O–H groups in total. The van der Waals surface area contributed by atoms with Gasteiger partial charge < -0.3 is 9.72 Å². The van der Waals surface area contributed by atoms with E-state index in [1.807, 2.05) is 55.5 Å². The van der Waals surface area contributed by atoms with E-state index in [1.165, 1.54) is 0 Å². The number of fused-ring (bicyclic) bond motifs is 1. The fourth-order valence-corrected chi connectivity index (χ4v) is 2.53. The number of aryl methyl sites for hydroxylation is 1. The molecule has 0 bridgehead atoms. The van der Waals surface area contributed by atoms with Gasteiger partial charge in [0.1, 0.15) is 5.75 Å². The van der Waals surface area contributed by atoms with Gasteiger partial charge >= 0.3 is 0 Å². The van der Waals surface area contributed by atoms with E-state index in [2.05, 4.69) is 4.98 Å². The number of para-hydroxylation sites is 1. The first-order chi connectivity index (χ1) is 9.72. The zero-order valence-corrected chi connectivity index (χ0v) is 11.4. The molecule has 0 fully saturated rings. The molecule has 0 spiro atoms. The highest BCUT2D eigenvalue weighted by Crippen LogP contribution is 2.26. The van der Waals surface area contributed by atoms with Crippen molar-refractivity contribution in [3.63, 3.8) is 0 Å². The lowest BCUT2D eigenvalue weighted by Gasteiger charge is -2.10. The van der Waals surface area contributed by atoms with Crippen molar-refractivity contribution in [3.8, 4) is 16.9 Å². The molecule has 3 rings (SSSR count). The number of ether oxygens (including phenoxy) is 1. The summed E-state index contributed by atoms with van der Waals surface area (Å²) in [6.07, 6.45) is 0. The fraction of sp³-hybridized carbons (Fsp3) is 0.118. The quantitative estimate of drug-likeness (QED) is 0.770. The van der Waals surface area contributed by atoms with Gasteiger partial charge in [0.25, 0.3) is 0 Å². The van der Waals surface area contributed by atoms with Crippen LogP contribution in [-0.4, -0.2) is 12.1 Å². The smallest absolute Gasteiger partial charge is 0.197 e. The van der Waals surface area contributed by atoms with E-state index in [9.17, 15) is 4.79 Å². The van der Waals surface area contributed by atoms with Crippen LogP contribution in [-0.2, 0) is 0 Å². The van der Waals surface area contributed by atoms with Crippen LogP contribution in [0.25, 0.3) is 22.0 Å². The van der Waals surface area contributed by atoms with Gasteiger partial charge in [-0.15, -0.1) is 0 Å². The summed E-state index contributed by atoms with van der Waals surface area (Å²) >= 11 is 0. The highest BCUT2D eigenvalue weighted by molar-refractivity contribution is 5.88. The normalized spacial score (nSPS) is 10.7. The van der Waals surface area contributed by atoms with Crippen molar-refractivity contribution in [2.24, 2.45) is 0 Å². The van der Waals surface area contributed by atoms with Crippen molar-refractivity contribution in [2.45, 2.75) is 6.92 Å². The molecular formula is C17H15NO2. The minimum atomic E-state index is 0.0290. The van der Waals surface area contributed by atoms with E-state index in [0.717, 1.165) is 16.8 Å². The zero-order chi connectivity index (χ0) is 14.1. The topological polar surface area (TPSA) is 42.1 Å². The number of hydrogen-bond acceptors (Lipinski definition) is 2. The van der Waals surface area contributed by atoms with Gasteiger partial charge in [-0.05, 0) is 24.6 Å². The average Bonchev–Trinajstić information content (AvgIpc) is 2.48. The van der Waals surface area contributed by atoms with Crippen molar-refractivity contribution in [1.82, 2.24) is 4.98 Å². The first-order valence-electron chi connectivity index (χ1n) is 6.47. The lowest BCUT2D eigenvalue weighted by molar-refractivity contribution is 0.419. The van der Waals surface area contributed by atoms with Crippen LogP contribution in [0.1, 0.15) is 5.69 Å². The third kappa shape index (κ3) is 1.88. The first-order valence-corrected chi connectivity index (χ1v) is 6.47. The number of methoxy groups -OCH3 is 1. The Balaban J connectivity index is 2.40. The number of hydrogen-bond donors (Lipinski definition) is 1. The summed E-state index contributed by atoms with van der Waals surface area (Å²) in [6.45, 7) is 1.91. The van der Waals surface area contributed by atoms with Crippen LogP contribution < -0.4 is 10.2 Å². The predicted molar refractivity (Wildman–Crippen MR) is 81.3 cm³/mol. The summed E-state index contributed by atoms with van der Waals surface area (Å²) in [7, 11) is 1.60. The lowest BCUT2D eigenvalue weighted by Crippen LogP contribution is -2.10. The van der Waals surface area contributed by atoms with E-state index >= 15 is 0 Å². The summed E-state index contributed by atoms with van der Waals surface area (Å²) < 4.78 is 5.31. The number of nitrogens with one attached hydrogen (secondary N) is 1. The molecule has 2 aromatic carbocycles. The van der Waals surface area contributed by atoms with Crippen LogP contribution in [0.3, 0.4) is 0 Å². The lowest BCUT2D eigenvalue weighted by atomic mass is 10.0. The summed E-state index contributed by atoms with van der Waals surface area (Å²) in [5.74, 6) is 0.683. The molecule has 100 valence electrons. The largest absolute Gasteiger partial charge is 0.495 e. The Bertz CT molecular complexity index is 820. The maximum Gasteiger partial charge on any atom is 0.197 e. The first kappa shape index (κ1) is 12.5. The SMILES string of the molecule is COc1cccc2c(=O)c(-c3ccccc3)c(C)[nH]c12. The van der Waals surface area contributed by atoms with E-state index in [1.54, 1.807) is 7.11 Å². The van der Waals surface area contributed by atoms with Gasteiger partial charge in [-0.3, -0.25) is 4.79 Å². The molecule has 0 amide bonds. The van der Waals surface area contributed by atoms with Gasteiger partial charge in [0.05, 0.1) is 12.6 Å². The third-order valence-electron chi connectivity index (χ3n) is 3.47. The molecule has 0 atom stereocenters. The zero-order valence-electron chi connectivity index (χ0n) is 11.4. The fourth-order valence-electron chi connectivity index (χ4n) is 2.53. The summed E-state index contributed by atoms with van der Waals surface area (Å²) in [4.78, 5) is 16.0. The van der Waals surface area contributed by atoms with Crippen LogP contribution in [0.5, 0.6) is 5.75 Å². The van der Waals surface area contributed by atoms with Crippen molar-refractivity contribution in [3.05, 3.63) is 64.4 Å². The Hall–Kier alpha value is -2.55. The second kappa shape index (κ2) is 4.85. The Morgan fingerprint density at radius 2 is 1.75 bits per heavy atom. The molecule has 3 nitrogen and oxygen atoms in total. The summed E-state index contributed by atoms with van der Waals surface area (Å²) in [6, 6.07) is 15.2. The highest BCUT2D eigenvalue weighted by atomic mass is 16.5. The number of benzene rings is 2. The second-order valence-corrected chi connectivity index (χ2v) is 4.70. The van der Waals surface area contributed by atoms with Crippen LogP contribution in [0.2, 0.25) is 0 Å². The van der Waals surface area contributed by atoms with Crippen molar-refractivity contribution in [2.75, 3.05) is 7.11 Å². The Morgan fingerprint density at radius 1 is 1.00 bits per heavy atom. The minimum Gasteiger partial charge on any atom is -0.495 e. The predicted octanol–water partition coefficient (Wildman–Crippen LogP) is 3.51. The van der Waals surface area contributed by atoms with Crippen LogP contribution in [0.15, 0.2) is 53.3 Å². The van der Waals surface area contributed by atoms with Gasteiger partial charge in [0, 0.05) is 16.6 Å². The van der Waals surface area contributed by atoms with E-state index in [-0.39, 0.29) is 5.43 Å². The maximum atomic E-state index is 12.7. The number of aromatic amines is 1. The standard InChI is InChI=1S/C17H15NO2/c1-11-15(12-7-4-3-5-8-12)17(19)13-9-6-10-14(20-2)16(13)18-11/h3-10H,1-2H3,(H,18,19). The molecule has 0 saturated carbocycles. The number of aromatic nitrogens is 1. The monoisotopic (exact) mass is 265 g/mol. The van der Waals surface area contributed by atoms with E-state index < -0.39 is 0 Å². The van der Waals surface area contributed by atoms with Gasteiger partial charge in [-0.25, -0.2) is 0 Å². The molecule has 0 radical (unpaired) electrons. The van der Waals surface area contributed by atoms with Crippen molar-refractivity contribution >= 4 is 10.9 Å². The highest BCUT2D eigenvalue weighted by Gasteiger charge is 2.13. The molecule has 3 heteroatoms. The molecular weight excluding hydrogens is 250 g/mol. The molecule has 0 unspecified atom stereocenters. The summed E-state index contributed by atoms with van der Waals surface area (Å²) in [5, 5.41) is 0.647. The third-order valence-corrected chi connectivity index (χ3v) is 3.47. The molecule has 0 aliphatic rings. The average molecular weight is 265 g/mol. The van der Waals surface area contributed by atoms with Crippen molar-refractivity contribution < 1.29 is 4.74 Å². The summed E-state index contributed by atoms with van der Waals surface area (Å²) in [5.41, 5.74) is 3.26. The van der Waals surface area contributed by atoms with Crippen molar-refractivity contribution in [1.29, 1.82) is 0 Å². The molecule has 1 heterocycles. The minimum absolute atomic E-state index is 0.0290. The number of pyridine rings is 1. The molecule has 3 aromatic rings. The molecule has 20 heavy (non-hydrogen) atoms. The Morgan fingerprint density at radius 3 is 2.45 bits per heavy atom. The maximum absolute atomic E-state index is 12.7. The Kier molecular flexibility index (Phi) is 3.03. The van der Waals surface area contributed by atoms with Crippen LogP contribution in [0.4, 0.5) is 0 Å². The number of rotatable bonds is 2.